The number of allylic oxidation sites excluding steroid dienone is 2. The number of aliphatic hydroxyl groups is 2. The largest absolute Gasteiger partial charge is 0.463 e. The average molecular weight is 465 g/mol. The normalized spacial score (nSPS) is 24.3. The molecule has 0 aromatic heterocycles. The number of unbranched alkanes of at least 4 members (excludes halogenated alkanes) is 3. The number of carbonyl (C=O) groups excluding carboxylic acids is 1. The molecule has 32 heavy (non-hydrogen) atoms. The first-order chi connectivity index (χ1) is 15.3. The fourth-order valence-electron chi connectivity index (χ4n) is 4.58. The topological polar surface area (TPSA) is 66.8 Å². The minimum Gasteiger partial charge on any atom is -0.463 e. The smallest absolute Gasteiger partial charge is 0.306 e. The quantitative estimate of drug-likeness (QED) is 0.152. The third-order valence-corrected chi connectivity index (χ3v) is 6.79. The van der Waals surface area contributed by atoms with Crippen LogP contribution in [0.5, 0.6) is 0 Å². The van der Waals surface area contributed by atoms with E-state index in [0.717, 1.165) is 56.1 Å². The van der Waals surface area contributed by atoms with Gasteiger partial charge < -0.3 is 14.9 Å². The Balaban J connectivity index is 1.89. The molecular formula is C27H41ClO4. The molecule has 0 saturated heterocycles. The minimum absolute atomic E-state index is 0.00514. The van der Waals surface area contributed by atoms with Crippen LogP contribution in [-0.2, 0) is 9.53 Å². The first kappa shape index (κ1) is 26.9. The zero-order chi connectivity index (χ0) is 23.5. The molecule has 0 heterocycles. The number of aliphatic hydroxyl groups excluding tert-OH is 2. The molecular weight excluding hydrogens is 424 g/mol. The number of esters is 1. The standard InChI is InChI=1S/C27H41ClO4/c1-4-5-8-12-24(29)20-14-16-21(17-15-20)27-22(23(28)18-25(27)30)11-9-6-7-10-13-26(31)32-19(2)3/h6,9,14-17,19,22-25,27,29-30H,4-5,7-8,10-13,18H2,1-3H3/t22-,23+,24?,25+,27+/m0/s1. The summed E-state index contributed by atoms with van der Waals surface area (Å²) in [7, 11) is 0. The summed E-state index contributed by atoms with van der Waals surface area (Å²) in [5.74, 6) is 0.00994. The lowest BCUT2D eigenvalue weighted by atomic mass is 9.84. The van der Waals surface area contributed by atoms with E-state index in [1.54, 1.807) is 0 Å². The van der Waals surface area contributed by atoms with Crippen molar-refractivity contribution in [3.63, 3.8) is 0 Å². The second-order valence-corrected chi connectivity index (χ2v) is 9.89. The first-order valence-electron chi connectivity index (χ1n) is 12.3. The van der Waals surface area contributed by atoms with E-state index in [-0.39, 0.29) is 29.3 Å². The number of benzene rings is 1. The van der Waals surface area contributed by atoms with Crippen LogP contribution >= 0.6 is 11.6 Å². The molecule has 1 unspecified atom stereocenters. The molecule has 2 rings (SSSR count). The molecule has 5 heteroatoms. The number of rotatable bonds is 13. The van der Waals surface area contributed by atoms with Crippen molar-refractivity contribution >= 4 is 17.6 Å². The number of carbonyl (C=O) groups is 1. The van der Waals surface area contributed by atoms with Crippen LogP contribution in [0.4, 0.5) is 0 Å². The van der Waals surface area contributed by atoms with Gasteiger partial charge in [0.05, 0.1) is 18.3 Å². The summed E-state index contributed by atoms with van der Waals surface area (Å²) >= 11 is 6.61. The molecule has 1 aromatic rings. The fourth-order valence-corrected chi connectivity index (χ4v) is 5.02. The highest BCUT2D eigenvalue weighted by atomic mass is 35.5. The van der Waals surface area contributed by atoms with Crippen molar-refractivity contribution in [3.05, 3.63) is 47.5 Å². The summed E-state index contributed by atoms with van der Waals surface area (Å²) in [6.07, 6.45) is 10.8. The molecule has 0 amide bonds. The molecule has 2 N–H and O–H groups in total. The third-order valence-electron chi connectivity index (χ3n) is 6.29. The van der Waals surface area contributed by atoms with E-state index in [1.807, 2.05) is 38.1 Å². The fraction of sp³-hybridized carbons (Fsp3) is 0.667. The molecule has 1 saturated carbocycles. The van der Waals surface area contributed by atoms with Gasteiger partial charge in [-0.2, -0.15) is 0 Å². The summed E-state index contributed by atoms with van der Waals surface area (Å²) in [6, 6.07) is 8.06. The predicted octanol–water partition coefficient (Wildman–Crippen LogP) is 6.44. The van der Waals surface area contributed by atoms with E-state index in [2.05, 4.69) is 19.1 Å². The van der Waals surface area contributed by atoms with Gasteiger partial charge in [-0.15, -0.1) is 11.6 Å². The van der Waals surface area contributed by atoms with Crippen molar-refractivity contribution in [3.8, 4) is 0 Å². The number of halogens is 1. The van der Waals surface area contributed by atoms with Crippen LogP contribution in [0.1, 0.15) is 102 Å². The van der Waals surface area contributed by atoms with Gasteiger partial charge >= 0.3 is 5.97 Å². The van der Waals surface area contributed by atoms with Crippen LogP contribution < -0.4 is 0 Å². The number of hydrogen-bond acceptors (Lipinski definition) is 4. The number of hydrogen-bond donors (Lipinski definition) is 2. The van der Waals surface area contributed by atoms with Crippen molar-refractivity contribution in [2.75, 3.05) is 0 Å². The Bertz CT molecular complexity index is 700. The summed E-state index contributed by atoms with van der Waals surface area (Å²) in [6.45, 7) is 5.87. The van der Waals surface area contributed by atoms with E-state index in [4.69, 9.17) is 16.3 Å². The van der Waals surface area contributed by atoms with Crippen molar-refractivity contribution in [2.45, 2.75) is 108 Å². The molecule has 0 bridgehead atoms. The molecule has 0 radical (unpaired) electrons. The van der Waals surface area contributed by atoms with Crippen molar-refractivity contribution < 1.29 is 19.7 Å². The van der Waals surface area contributed by atoms with E-state index >= 15 is 0 Å². The van der Waals surface area contributed by atoms with E-state index in [1.165, 1.54) is 0 Å². The average Bonchev–Trinajstić information content (AvgIpc) is 3.03. The van der Waals surface area contributed by atoms with Crippen molar-refractivity contribution in [1.29, 1.82) is 0 Å². The molecule has 1 aromatic carbocycles. The van der Waals surface area contributed by atoms with Gasteiger partial charge in [-0.05, 0) is 63.0 Å². The summed E-state index contributed by atoms with van der Waals surface area (Å²) < 4.78 is 5.15. The van der Waals surface area contributed by atoms with E-state index in [0.29, 0.717) is 12.8 Å². The van der Waals surface area contributed by atoms with Gasteiger partial charge in [0.15, 0.2) is 0 Å². The van der Waals surface area contributed by atoms with Crippen LogP contribution in [0.15, 0.2) is 36.4 Å². The Morgan fingerprint density at radius 2 is 1.91 bits per heavy atom. The Morgan fingerprint density at radius 1 is 1.19 bits per heavy atom. The van der Waals surface area contributed by atoms with Crippen LogP contribution in [0.2, 0.25) is 0 Å². The van der Waals surface area contributed by atoms with Gasteiger partial charge in [-0.1, -0.05) is 62.6 Å². The van der Waals surface area contributed by atoms with Crippen LogP contribution in [0.3, 0.4) is 0 Å². The Kier molecular flexibility index (Phi) is 11.8. The third kappa shape index (κ3) is 8.53. The Morgan fingerprint density at radius 3 is 2.56 bits per heavy atom. The SMILES string of the molecule is CCCCCC(O)c1ccc([C@@H]2[C@@H](CC=CCCCC(=O)OC(C)C)[C@H](Cl)C[C@H]2O)cc1. The van der Waals surface area contributed by atoms with Gasteiger partial charge in [-0.25, -0.2) is 0 Å². The molecule has 5 atom stereocenters. The molecule has 0 aliphatic heterocycles. The second kappa shape index (κ2) is 14.0. The van der Waals surface area contributed by atoms with E-state index < -0.39 is 12.2 Å². The highest BCUT2D eigenvalue weighted by Crippen LogP contribution is 2.45. The predicted molar refractivity (Wildman–Crippen MR) is 131 cm³/mol. The van der Waals surface area contributed by atoms with E-state index in [9.17, 15) is 15.0 Å². The maximum Gasteiger partial charge on any atom is 0.306 e. The summed E-state index contributed by atoms with van der Waals surface area (Å²) in [5.41, 5.74) is 2.02. The minimum atomic E-state index is -0.456. The van der Waals surface area contributed by atoms with Crippen LogP contribution in [0.25, 0.3) is 0 Å². The Hall–Kier alpha value is -1.36. The lowest BCUT2D eigenvalue weighted by Gasteiger charge is -2.23. The van der Waals surface area contributed by atoms with Gasteiger partial charge in [0.1, 0.15) is 0 Å². The maximum absolute atomic E-state index is 11.6. The lowest BCUT2D eigenvalue weighted by Crippen LogP contribution is -2.18. The van der Waals surface area contributed by atoms with Crippen molar-refractivity contribution in [2.24, 2.45) is 5.92 Å². The molecule has 1 fully saturated rings. The van der Waals surface area contributed by atoms with Crippen molar-refractivity contribution in [1.82, 2.24) is 0 Å². The number of ether oxygens (including phenoxy) is 1. The zero-order valence-corrected chi connectivity index (χ0v) is 20.6. The Labute approximate surface area is 199 Å². The molecule has 180 valence electrons. The lowest BCUT2D eigenvalue weighted by molar-refractivity contribution is -0.147. The highest BCUT2D eigenvalue weighted by molar-refractivity contribution is 6.21. The number of alkyl halides is 1. The van der Waals surface area contributed by atoms with Crippen LogP contribution in [-0.4, -0.2) is 33.8 Å². The molecule has 1 aliphatic carbocycles. The van der Waals surface area contributed by atoms with Gasteiger partial charge in [0, 0.05) is 17.7 Å². The van der Waals surface area contributed by atoms with Crippen LogP contribution in [0, 0.1) is 5.92 Å². The zero-order valence-electron chi connectivity index (χ0n) is 19.9. The monoisotopic (exact) mass is 464 g/mol. The second-order valence-electron chi connectivity index (χ2n) is 9.32. The van der Waals surface area contributed by atoms with Gasteiger partial charge in [-0.3, -0.25) is 4.79 Å². The first-order valence-corrected chi connectivity index (χ1v) is 12.7. The maximum atomic E-state index is 11.6. The molecule has 0 spiro atoms. The highest BCUT2D eigenvalue weighted by Gasteiger charge is 2.41. The van der Waals surface area contributed by atoms with Gasteiger partial charge in [0.25, 0.3) is 0 Å². The summed E-state index contributed by atoms with van der Waals surface area (Å²) in [4.78, 5) is 11.6. The van der Waals surface area contributed by atoms with Gasteiger partial charge in [0.2, 0.25) is 0 Å². The molecule has 1 aliphatic rings. The molecule has 4 nitrogen and oxygen atoms in total. The summed E-state index contributed by atoms with van der Waals surface area (Å²) in [5, 5.41) is 21.0.